The van der Waals surface area contributed by atoms with E-state index in [1.165, 1.54) is 18.4 Å². The van der Waals surface area contributed by atoms with Gasteiger partial charge in [0, 0.05) is 12.6 Å². The highest BCUT2D eigenvalue weighted by Gasteiger charge is 2.24. The summed E-state index contributed by atoms with van der Waals surface area (Å²) in [5, 5.41) is 3.63. The predicted molar refractivity (Wildman–Crippen MR) is 78.1 cm³/mol. The van der Waals surface area contributed by atoms with Crippen LogP contribution in [0, 0.1) is 5.92 Å². The van der Waals surface area contributed by atoms with Gasteiger partial charge in [0.25, 0.3) is 0 Å². The summed E-state index contributed by atoms with van der Waals surface area (Å²) < 4.78 is 10.7. The first kappa shape index (κ1) is 14.2. The van der Waals surface area contributed by atoms with E-state index in [1.807, 2.05) is 6.07 Å². The molecule has 1 atom stereocenters. The van der Waals surface area contributed by atoms with Gasteiger partial charge in [0.05, 0.1) is 14.2 Å². The van der Waals surface area contributed by atoms with Crippen LogP contribution in [0.1, 0.15) is 38.2 Å². The molecule has 1 N–H and O–H groups in total. The van der Waals surface area contributed by atoms with Gasteiger partial charge in [-0.15, -0.1) is 0 Å². The van der Waals surface area contributed by atoms with Crippen molar-refractivity contribution >= 4 is 0 Å². The first-order valence-electron chi connectivity index (χ1n) is 7.11. The van der Waals surface area contributed by atoms with Crippen LogP contribution >= 0.6 is 0 Å². The van der Waals surface area contributed by atoms with Crippen LogP contribution in [-0.2, 0) is 0 Å². The van der Waals surface area contributed by atoms with Crippen molar-refractivity contribution in [2.24, 2.45) is 5.92 Å². The van der Waals surface area contributed by atoms with Crippen molar-refractivity contribution in [1.82, 2.24) is 5.32 Å². The Bertz CT molecular complexity index is 413. The van der Waals surface area contributed by atoms with Crippen LogP contribution in [0.2, 0.25) is 0 Å². The Morgan fingerprint density at radius 1 is 1.16 bits per heavy atom. The second-order valence-electron chi connectivity index (χ2n) is 5.65. The Morgan fingerprint density at radius 2 is 1.84 bits per heavy atom. The zero-order valence-corrected chi connectivity index (χ0v) is 12.4. The molecule has 1 aliphatic carbocycles. The van der Waals surface area contributed by atoms with Gasteiger partial charge in [-0.25, -0.2) is 0 Å². The third-order valence-corrected chi connectivity index (χ3v) is 3.84. The molecule has 1 fully saturated rings. The standard InChI is InChI=1S/C16H25NO2/c1-11(2)14(10-17-13-6-7-13)12-5-8-15(18-3)16(9-12)19-4/h5,8-9,11,13-14,17H,6-7,10H2,1-4H3. The molecule has 3 nitrogen and oxygen atoms in total. The molecule has 0 aliphatic heterocycles. The summed E-state index contributed by atoms with van der Waals surface area (Å²) in [5.41, 5.74) is 1.32. The van der Waals surface area contributed by atoms with E-state index in [1.54, 1.807) is 14.2 Å². The number of rotatable bonds is 7. The summed E-state index contributed by atoms with van der Waals surface area (Å²) in [5.74, 6) is 2.73. The van der Waals surface area contributed by atoms with Gasteiger partial charge < -0.3 is 14.8 Å². The summed E-state index contributed by atoms with van der Waals surface area (Å²) in [6.07, 6.45) is 2.66. The van der Waals surface area contributed by atoms with Crippen molar-refractivity contribution < 1.29 is 9.47 Å². The average Bonchev–Trinajstić information content (AvgIpc) is 3.22. The summed E-state index contributed by atoms with van der Waals surface area (Å²) in [6.45, 7) is 5.59. The Kier molecular flexibility index (Phi) is 4.70. The lowest BCUT2D eigenvalue weighted by Crippen LogP contribution is -2.26. The number of methoxy groups -OCH3 is 2. The van der Waals surface area contributed by atoms with Gasteiger partial charge in [0.15, 0.2) is 11.5 Å². The SMILES string of the molecule is COc1ccc(C(CNC2CC2)C(C)C)cc1OC. The molecule has 0 amide bonds. The smallest absolute Gasteiger partial charge is 0.160 e. The molecule has 0 saturated heterocycles. The van der Waals surface area contributed by atoms with Gasteiger partial charge in [-0.2, -0.15) is 0 Å². The molecule has 3 heteroatoms. The quantitative estimate of drug-likeness (QED) is 0.819. The van der Waals surface area contributed by atoms with Crippen molar-refractivity contribution in [2.45, 2.75) is 38.6 Å². The van der Waals surface area contributed by atoms with E-state index in [-0.39, 0.29) is 0 Å². The summed E-state index contributed by atoms with van der Waals surface area (Å²) >= 11 is 0. The Morgan fingerprint density at radius 3 is 2.37 bits per heavy atom. The molecule has 19 heavy (non-hydrogen) atoms. The van der Waals surface area contributed by atoms with Crippen LogP contribution in [0.3, 0.4) is 0 Å². The van der Waals surface area contributed by atoms with Crippen molar-refractivity contribution in [3.8, 4) is 11.5 Å². The highest BCUT2D eigenvalue weighted by Crippen LogP contribution is 2.33. The number of ether oxygens (including phenoxy) is 2. The third-order valence-electron chi connectivity index (χ3n) is 3.84. The van der Waals surface area contributed by atoms with E-state index >= 15 is 0 Å². The lowest BCUT2D eigenvalue weighted by atomic mass is 9.88. The number of nitrogens with one attached hydrogen (secondary N) is 1. The molecule has 0 radical (unpaired) electrons. The fourth-order valence-electron chi connectivity index (χ4n) is 2.40. The maximum Gasteiger partial charge on any atom is 0.160 e. The molecule has 0 bridgehead atoms. The largest absolute Gasteiger partial charge is 0.493 e. The summed E-state index contributed by atoms with van der Waals surface area (Å²) in [4.78, 5) is 0. The lowest BCUT2D eigenvalue weighted by Gasteiger charge is -2.23. The van der Waals surface area contributed by atoms with Gasteiger partial charge in [-0.05, 0) is 42.4 Å². The van der Waals surface area contributed by atoms with E-state index < -0.39 is 0 Å². The molecule has 1 aromatic carbocycles. The molecule has 106 valence electrons. The maximum absolute atomic E-state index is 5.40. The van der Waals surface area contributed by atoms with Gasteiger partial charge in [-0.1, -0.05) is 19.9 Å². The van der Waals surface area contributed by atoms with E-state index in [9.17, 15) is 0 Å². The van der Waals surface area contributed by atoms with E-state index in [0.29, 0.717) is 11.8 Å². The maximum atomic E-state index is 5.40. The second kappa shape index (κ2) is 6.29. The molecule has 2 rings (SSSR count). The highest BCUT2D eigenvalue weighted by atomic mass is 16.5. The van der Waals surface area contributed by atoms with Gasteiger partial charge in [-0.3, -0.25) is 0 Å². The van der Waals surface area contributed by atoms with Crippen molar-refractivity contribution in [3.63, 3.8) is 0 Å². The number of hydrogen-bond acceptors (Lipinski definition) is 3. The van der Waals surface area contributed by atoms with E-state index in [2.05, 4.69) is 31.3 Å². The number of hydrogen-bond donors (Lipinski definition) is 1. The fraction of sp³-hybridized carbons (Fsp3) is 0.625. The summed E-state index contributed by atoms with van der Waals surface area (Å²) in [7, 11) is 3.36. The van der Waals surface area contributed by atoms with Gasteiger partial charge in [0.1, 0.15) is 0 Å². The molecular weight excluding hydrogens is 238 g/mol. The molecule has 0 spiro atoms. The number of benzene rings is 1. The van der Waals surface area contributed by atoms with Crippen LogP contribution < -0.4 is 14.8 Å². The van der Waals surface area contributed by atoms with Crippen LogP contribution in [0.4, 0.5) is 0 Å². The van der Waals surface area contributed by atoms with Crippen molar-refractivity contribution in [2.75, 3.05) is 20.8 Å². The van der Waals surface area contributed by atoms with Crippen LogP contribution in [0.25, 0.3) is 0 Å². The molecule has 0 aromatic heterocycles. The van der Waals surface area contributed by atoms with Gasteiger partial charge in [0.2, 0.25) is 0 Å². The lowest BCUT2D eigenvalue weighted by molar-refractivity contribution is 0.353. The third kappa shape index (κ3) is 3.63. The van der Waals surface area contributed by atoms with Crippen LogP contribution in [-0.4, -0.2) is 26.8 Å². The first-order chi connectivity index (χ1) is 9.15. The zero-order valence-electron chi connectivity index (χ0n) is 12.4. The minimum Gasteiger partial charge on any atom is -0.493 e. The van der Waals surface area contributed by atoms with Crippen molar-refractivity contribution in [3.05, 3.63) is 23.8 Å². The Labute approximate surface area is 116 Å². The predicted octanol–water partition coefficient (Wildman–Crippen LogP) is 3.20. The van der Waals surface area contributed by atoms with E-state index in [0.717, 1.165) is 24.1 Å². The fourth-order valence-corrected chi connectivity index (χ4v) is 2.40. The molecule has 1 aromatic rings. The monoisotopic (exact) mass is 263 g/mol. The normalized spacial score (nSPS) is 16.5. The molecular formula is C16H25NO2. The minimum atomic E-state index is 0.514. The Balaban J connectivity index is 2.14. The van der Waals surface area contributed by atoms with Crippen molar-refractivity contribution in [1.29, 1.82) is 0 Å². The summed E-state index contributed by atoms with van der Waals surface area (Å²) in [6, 6.07) is 7.01. The first-order valence-corrected chi connectivity index (χ1v) is 7.11. The van der Waals surface area contributed by atoms with E-state index in [4.69, 9.17) is 9.47 Å². The highest BCUT2D eigenvalue weighted by molar-refractivity contribution is 5.44. The van der Waals surface area contributed by atoms with Crippen LogP contribution in [0.15, 0.2) is 18.2 Å². The Hall–Kier alpha value is -1.22. The average molecular weight is 263 g/mol. The molecule has 1 aliphatic rings. The minimum absolute atomic E-state index is 0.514. The molecule has 1 unspecified atom stereocenters. The molecule has 1 saturated carbocycles. The topological polar surface area (TPSA) is 30.5 Å². The zero-order chi connectivity index (χ0) is 13.8. The second-order valence-corrected chi connectivity index (χ2v) is 5.65. The van der Waals surface area contributed by atoms with Gasteiger partial charge >= 0.3 is 0 Å². The van der Waals surface area contributed by atoms with Crippen LogP contribution in [0.5, 0.6) is 11.5 Å². The molecule has 0 heterocycles.